The predicted molar refractivity (Wildman–Crippen MR) is 105 cm³/mol. The molecule has 2 aromatic rings. The smallest absolute Gasteiger partial charge is 0.226 e. The standard InChI is InChI=1S/C22H28N4O2/c27-21-11-6-13-25(21)12-5-10-20-23-22(24-28-20)17-15-19(16-7-2-1-3-8-16)26-14-4-9-18(17)26/h1-3,7-8,17-19H,4-6,9-15H2/t17-,18+,19-/m0/s1. The SMILES string of the molecule is O=C1CCCN1CCCc1nc([C@H]2C[C@@H](c3ccccc3)N3CCC[C@H]23)no1. The van der Waals surface area contributed by atoms with Crippen molar-refractivity contribution in [1.29, 1.82) is 0 Å². The molecule has 0 spiro atoms. The van der Waals surface area contributed by atoms with E-state index in [1.165, 1.54) is 18.4 Å². The Morgan fingerprint density at radius 1 is 1.14 bits per heavy atom. The first kappa shape index (κ1) is 17.9. The molecule has 0 N–H and O–H groups in total. The Bertz CT molecular complexity index is 821. The van der Waals surface area contributed by atoms with E-state index in [1.54, 1.807) is 0 Å². The summed E-state index contributed by atoms with van der Waals surface area (Å²) in [4.78, 5) is 21.1. The fourth-order valence-electron chi connectivity index (χ4n) is 5.33. The van der Waals surface area contributed by atoms with Gasteiger partial charge in [-0.1, -0.05) is 35.5 Å². The second-order valence-corrected chi connectivity index (χ2v) is 8.35. The molecule has 0 bridgehead atoms. The molecule has 6 heteroatoms. The van der Waals surface area contributed by atoms with Crippen LogP contribution < -0.4 is 0 Å². The molecule has 1 aromatic carbocycles. The molecular weight excluding hydrogens is 352 g/mol. The number of nitrogens with zero attached hydrogens (tertiary/aromatic N) is 4. The Hall–Kier alpha value is -2.21. The quantitative estimate of drug-likeness (QED) is 0.769. The van der Waals surface area contributed by atoms with Gasteiger partial charge in [-0.2, -0.15) is 4.98 Å². The summed E-state index contributed by atoms with van der Waals surface area (Å²) in [6, 6.07) is 11.8. The molecule has 5 rings (SSSR count). The lowest BCUT2D eigenvalue weighted by Crippen LogP contribution is -2.27. The van der Waals surface area contributed by atoms with Crippen LogP contribution in [0.25, 0.3) is 0 Å². The van der Waals surface area contributed by atoms with E-state index < -0.39 is 0 Å². The van der Waals surface area contributed by atoms with Gasteiger partial charge in [0.05, 0.1) is 0 Å². The van der Waals surface area contributed by atoms with E-state index in [9.17, 15) is 4.79 Å². The molecule has 28 heavy (non-hydrogen) atoms. The number of carbonyl (C=O) groups is 1. The first-order valence-corrected chi connectivity index (χ1v) is 10.7. The summed E-state index contributed by atoms with van der Waals surface area (Å²) in [5, 5.41) is 4.36. The van der Waals surface area contributed by atoms with E-state index in [2.05, 4.69) is 40.4 Å². The van der Waals surface area contributed by atoms with Gasteiger partial charge in [-0.05, 0) is 44.2 Å². The Balaban J connectivity index is 1.24. The topological polar surface area (TPSA) is 62.5 Å². The minimum atomic E-state index is 0.283. The number of aryl methyl sites for hydroxylation is 1. The number of likely N-dealkylation sites (tertiary alicyclic amines) is 1. The van der Waals surface area contributed by atoms with E-state index in [0.717, 1.165) is 51.1 Å². The maximum atomic E-state index is 11.7. The highest BCUT2D eigenvalue weighted by molar-refractivity contribution is 5.77. The molecule has 3 atom stereocenters. The minimum absolute atomic E-state index is 0.283. The van der Waals surface area contributed by atoms with Crippen LogP contribution in [0, 0.1) is 0 Å². The predicted octanol–water partition coefficient (Wildman–Crippen LogP) is 3.32. The number of carbonyl (C=O) groups excluding carboxylic acids is 1. The first-order valence-electron chi connectivity index (χ1n) is 10.7. The summed E-state index contributed by atoms with van der Waals surface area (Å²) in [6.45, 7) is 2.86. The van der Waals surface area contributed by atoms with Crippen molar-refractivity contribution in [3.63, 3.8) is 0 Å². The average molecular weight is 380 g/mol. The van der Waals surface area contributed by atoms with Gasteiger partial charge in [0, 0.05) is 43.9 Å². The number of benzene rings is 1. The second-order valence-electron chi connectivity index (χ2n) is 8.35. The van der Waals surface area contributed by atoms with Crippen LogP contribution in [0.5, 0.6) is 0 Å². The minimum Gasteiger partial charge on any atom is -0.343 e. The summed E-state index contributed by atoms with van der Waals surface area (Å²) in [6.07, 6.45) is 6.86. The van der Waals surface area contributed by atoms with Gasteiger partial charge in [0.1, 0.15) is 0 Å². The number of hydrogen-bond donors (Lipinski definition) is 0. The van der Waals surface area contributed by atoms with Crippen LogP contribution in [0.4, 0.5) is 0 Å². The van der Waals surface area contributed by atoms with Crippen molar-refractivity contribution in [3.05, 3.63) is 47.6 Å². The second kappa shape index (κ2) is 7.66. The molecule has 0 saturated carbocycles. The van der Waals surface area contributed by atoms with Crippen molar-refractivity contribution in [2.75, 3.05) is 19.6 Å². The van der Waals surface area contributed by atoms with Gasteiger partial charge in [-0.15, -0.1) is 0 Å². The van der Waals surface area contributed by atoms with Crippen molar-refractivity contribution < 1.29 is 9.32 Å². The summed E-state index contributed by atoms with van der Waals surface area (Å²) in [7, 11) is 0. The molecule has 0 radical (unpaired) electrons. The fourth-order valence-corrected chi connectivity index (χ4v) is 5.33. The average Bonchev–Trinajstić information content (AvgIpc) is 3.48. The summed E-state index contributed by atoms with van der Waals surface area (Å²) >= 11 is 0. The van der Waals surface area contributed by atoms with Gasteiger partial charge in [-0.25, -0.2) is 0 Å². The molecule has 6 nitrogen and oxygen atoms in total. The first-order chi connectivity index (χ1) is 13.8. The zero-order valence-corrected chi connectivity index (χ0v) is 16.3. The lowest BCUT2D eigenvalue weighted by Gasteiger charge is -2.24. The number of fused-ring (bicyclic) bond motifs is 1. The van der Waals surface area contributed by atoms with E-state index in [0.29, 0.717) is 30.3 Å². The largest absolute Gasteiger partial charge is 0.343 e. The molecule has 148 valence electrons. The van der Waals surface area contributed by atoms with Gasteiger partial charge >= 0.3 is 0 Å². The van der Waals surface area contributed by atoms with Crippen LogP contribution in [0.2, 0.25) is 0 Å². The summed E-state index contributed by atoms with van der Waals surface area (Å²) < 4.78 is 5.57. The van der Waals surface area contributed by atoms with Gasteiger partial charge in [0.25, 0.3) is 0 Å². The van der Waals surface area contributed by atoms with Crippen LogP contribution in [0.1, 0.15) is 67.8 Å². The van der Waals surface area contributed by atoms with Gasteiger partial charge in [0.2, 0.25) is 11.8 Å². The molecule has 1 amide bonds. The van der Waals surface area contributed by atoms with Crippen LogP contribution in [0.3, 0.4) is 0 Å². The zero-order valence-electron chi connectivity index (χ0n) is 16.3. The number of hydrogen-bond acceptors (Lipinski definition) is 5. The van der Waals surface area contributed by atoms with Gasteiger partial charge in [0.15, 0.2) is 5.82 Å². The highest BCUT2D eigenvalue weighted by atomic mass is 16.5. The van der Waals surface area contributed by atoms with Crippen molar-refractivity contribution >= 4 is 5.91 Å². The molecule has 0 aliphatic carbocycles. The normalized spacial score (nSPS) is 27.6. The van der Waals surface area contributed by atoms with E-state index in [4.69, 9.17) is 9.51 Å². The fraction of sp³-hybridized carbons (Fsp3) is 0.591. The summed E-state index contributed by atoms with van der Waals surface area (Å²) in [5.74, 6) is 2.23. The number of rotatable bonds is 6. The summed E-state index contributed by atoms with van der Waals surface area (Å²) in [5.41, 5.74) is 1.40. The maximum absolute atomic E-state index is 11.7. The third-order valence-corrected chi connectivity index (χ3v) is 6.67. The van der Waals surface area contributed by atoms with Gasteiger partial charge in [-0.3, -0.25) is 9.69 Å². The lowest BCUT2D eigenvalue weighted by atomic mass is 9.94. The van der Waals surface area contributed by atoms with Crippen molar-refractivity contribution in [2.45, 2.75) is 62.9 Å². The van der Waals surface area contributed by atoms with E-state index in [-0.39, 0.29) is 5.91 Å². The van der Waals surface area contributed by atoms with E-state index in [1.807, 2.05) is 4.90 Å². The molecule has 3 aliphatic rings. The highest BCUT2D eigenvalue weighted by Crippen LogP contribution is 2.48. The monoisotopic (exact) mass is 380 g/mol. The van der Waals surface area contributed by atoms with Crippen molar-refractivity contribution in [3.8, 4) is 0 Å². The molecule has 0 unspecified atom stereocenters. The molecule has 3 aliphatic heterocycles. The Morgan fingerprint density at radius 3 is 2.86 bits per heavy atom. The molecule has 1 aromatic heterocycles. The van der Waals surface area contributed by atoms with Crippen LogP contribution in [-0.2, 0) is 11.2 Å². The van der Waals surface area contributed by atoms with Crippen LogP contribution >= 0.6 is 0 Å². The third kappa shape index (κ3) is 3.34. The molecule has 3 fully saturated rings. The maximum Gasteiger partial charge on any atom is 0.226 e. The van der Waals surface area contributed by atoms with Crippen molar-refractivity contribution in [2.24, 2.45) is 0 Å². The Kier molecular flexibility index (Phi) is 4.89. The number of amides is 1. The van der Waals surface area contributed by atoms with Crippen molar-refractivity contribution in [1.82, 2.24) is 19.9 Å². The molecule has 4 heterocycles. The Morgan fingerprint density at radius 2 is 2.04 bits per heavy atom. The van der Waals surface area contributed by atoms with Gasteiger partial charge < -0.3 is 9.42 Å². The zero-order chi connectivity index (χ0) is 18.9. The van der Waals surface area contributed by atoms with E-state index >= 15 is 0 Å². The Labute approximate surface area is 165 Å². The molecular formula is C22H28N4O2. The molecule has 3 saturated heterocycles. The van der Waals surface area contributed by atoms with Crippen LogP contribution in [-0.4, -0.2) is 51.5 Å². The third-order valence-electron chi connectivity index (χ3n) is 6.67. The number of aromatic nitrogens is 2. The lowest BCUT2D eigenvalue weighted by molar-refractivity contribution is -0.127. The highest BCUT2D eigenvalue weighted by Gasteiger charge is 2.46. The van der Waals surface area contributed by atoms with Crippen LogP contribution in [0.15, 0.2) is 34.9 Å².